The lowest BCUT2D eigenvalue weighted by molar-refractivity contribution is -0.144. The molecule has 25 heavy (non-hydrogen) atoms. The summed E-state index contributed by atoms with van der Waals surface area (Å²) in [7, 11) is 0. The molecule has 1 spiro atoms. The number of hydrogen-bond donors (Lipinski definition) is 0. The van der Waals surface area contributed by atoms with Crippen LogP contribution in [0, 0.1) is 11.3 Å². The minimum atomic E-state index is 0.0752. The number of carbonyl (C=O) groups is 2. The Balaban J connectivity index is 1.68. The molecule has 5 nitrogen and oxygen atoms in total. The third kappa shape index (κ3) is 4.39. The molecule has 2 aliphatic heterocycles. The lowest BCUT2D eigenvalue weighted by Crippen LogP contribution is -2.54. The summed E-state index contributed by atoms with van der Waals surface area (Å²) in [6.45, 7) is 7.26. The second kappa shape index (κ2) is 7.54. The molecule has 0 N–H and O–H groups in total. The molecular weight excluding hydrogens is 314 g/mol. The van der Waals surface area contributed by atoms with Gasteiger partial charge in [0.1, 0.15) is 0 Å². The highest BCUT2D eigenvalue weighted by molar-refractivity contribution is 5.78. The van der Waals surface area contributed by atoms with Crippen LogP contribution in [0.1, 0.15) is 51.5 Å². The molecule has 0 aromatic carbocycles. The Morgan fingerprint density at radius 2 is 2.00 bits per heavy atom. The Hall–Kier alpha value is -1.91. The van der Waals surface area contributed by atoms with Crippen LogP contribution in [0.15, 0.2) is 24.5 Å². The number of pyridine rings is 1. The van der Waals surface area contributed by atoms with Gasteiger partial charge >= 0.3 is 0 Å². The Kier molecular flexibility index (Phi) is 5.40. The lowest BCUT2D eigenvalue weighted by Gasteiger charge is -2.48. The molecule has 5 heteroatoms. The Morgan fingerprint density at radius 3 is 2.72 bits per heavy atom. The van der Waals surface area contributed by atoms with Gasteiger partial charge in [0.05, 0.1) is 0 Å². The summed E-state index contributed by atoms with van der Waals surface area (Å²) in [4.78, 5) is 33.0. The van der Waals surface area contributed by atoms with Crippen LogP contribution in [-0.4, -0.2) is 46.2 Å². The zero-order valence-corrected chi connectivity index (χ0v) is 15.4. The molecule has 2 amide bonds. The Bertz CT molecular complexity index is 617. The van der Waals surface area contributed by atoms with Crippen LogP contribution >= 0.6 is 0 Å². The van der Waals surface area contributed by atoms with Crippen molar-refractivity contribution in [1.29, 1.82) is 0 Å². The number of rotatable bonds is 4. The zero-order chi connectivity index (χ0) is 17.9. The highest BCUT2D eigenvalue weighted by atomic mass is 16.2. The fourth-order valence-electron chi connectivity index (χ4n) is 4.19. The number of hydrogen-bond acceptors (Lipinski definition) is 3. The second-order valence-electron chi connectivity index (χ2n) is 8.12. The van der Waals surface area contributed by atoms with Gasteiger partial charge in [-0.25, -0.2) is 0 Å². The zero-order valence-electron chi connectivity index (χ0n) is 15.4. The molecule has 1 aromatic heterocycles. The summed E-state index contributed by atoms with van der Waals surface area (Å²) in [6.07, 6.45) is 7.82. The summed E-state index contributed by atoms with van der Waals surface area (Å²) in [5.41, 5.74) is 1.19. The van der Waals surface area contributed by atoms with E-state index in [-0.39, 0.29) is 17.2 Å². The quantitative estimate of drug-likeness (QED) is 0.845. The molecular formula is C20H29N3O2. The highest BCUT2D eigenvalue weighted by Crippen LogP contribution is 2.39. The number of amides is 2. The first-order valence-corrected chi connectivity index (χ1v) is 9.42. The maximum absolute atomic E-state index is 12.5. The van der Waals surface area contributed by atoms with Crippen molar-refractivity contribution < 1.29 is 9.59 Å². The van der Waals surface area contributed by atoms with Crippen molar-refractivity contribution in [1.82, 2.24) is 14.8 Å². The standard InChI is InChI=1S/C20H29N3O2/c1-16(2)12-19(25)22-11-3-7-20(14-22)8-4-18(24)23(15-20)13-17-5-9-21-10-6-17/h5-6,9-10,16H,3-4,7-8,11-15H2,1-2H3/t20-/m0/s1. The van der Waals surface area contributed by atoms with E-state index in [2.05, 4.69) is 18.8 Å². The lowest BCUT2D eigenvalue weighted by atomic mass is 9.73. The first kappa shape index (κ1) is 17.9. The van der Waals surface area contributed by atoms with Gasteiger partial charge in [0, 0.05) is 56.8 Å². The summed E-state index contributed by atoms with van der Waals surface area (Å²) in [6, 6.07) is 3.93. The van der Waals surface area contributed by atoms with Gasteiger partial charge in [-0.1, -0.05) is 13.8 Å². The summed E-state index contributed by atoms with van der Waals surface area (Å²) in [5, 5.41) is 0. The molecule has 0 bridgehead atoms. The van der Waals surface area contributed by atoms with Gasteiger partial charge < -0.3 is 9.80 Å². The summed E-state index contributed by atoms with van der Waals surface area (Å²) < 4.78 is 0. The van der Waals surface area contributed by atoms with E-state index in [1.807, 2.05) is 21.9 Å². The van der Waals surface area contributed by atoms with E-state index < -0.39 is 0 Å². The van der Waals surface area contributed by atoms with E-state index in [0.717, 1.165) is 44.5 Å². The SMILES string of the molecule is CC(C)CC(=O)N1CCC[C@]2(CCC(=O)N(Cc3ccncc3)C2)C1. The smallest absolute Gasteiger partial charge is 0.222 e. The van der Waals surface area contributed by atoms with Gasteiger partial charge in [0.15, 0.2) is 0 Å². The molecule has 2 saturated heterocycles. The summed E-state index contributed by atoms with van der Waals surface area (Å²) in [5.74, 6) is 0.890. The minimum Gasteiger partial charge on any atom is -0.342 e. The van der Waals surface area contributed by atoms with Gasteiger partial charge in [-0.3, -0.25) is 14.6 Å². The Labute approximate surface area is 150 Å². The van der Waals surface area contributed by atoms with Crippen molar-refractivity contribution in [3.63, 3.8) is 0 Å². The van der Waals surface area contributed by atoms with Crippen molar-refractivity contribution in [2.24, 2.45) is 11.3 Å². The van der Waals surface area contributed by atoms with Crippen LogP contribution in [0.2, 0.25) is 0 Å². The van der Waals surface area contributed by atoms with E-state index in [0.29, 0.717) is 25.3 Å². The van der Waals surface area contributed by atoms with Crippen LogP contribution in [0.4, 0.5) is 0 Å². The van der Waals surface area contributed by atoms with Crippen LogP contribution in [0.3, 0.4) is 0 Å². The van der Waals surface area contributed by atoms with E-state index in [4.69, 9.17) is 0 Å². The number of piperidine rings is 2. The molecule has 1 aromatic rings. The third-order valence-electron chi connectivity index (χ3n) is 5.47. The summed E-state index contributed by atoms with van der Waals surface area (Å²) >= 11 is 0. The molecule has 0 aliphatic carbocycles. The molecule has 3 heterocycles. The predicted octanol–water partition coefficient (Wildman–Crippen LogP) is 2.86. The third-order valence-corrected chi connectivity index (χ3v) is 5.47. The Morgan fingerprint density at radius 1 is 1.24 bits per heavy atom. The fraction of sp³-hybridized carbons (Fsp3) is 0.650. The molecule has 0 unspecified atom stereocenters. The van der Waals surface area contributed by atoms with Gasteiger partial charge in [-0.15, -0.1) is 0 Å². The van der Waals surface area contributed by atoms with Gasteiger partial charge in [0.2, 0.25) is 11.8 Å². The molecule has 0 saturated carbocycles. The maximum atomic E-state index is 12.5. The minimum absolute atomic E-state index is 0.0752. The first-order valence-electron chi connectivity index (χ1n) is 9.42. The number of aromatic nitrogens is 1. The van der Waals surface area contributed by atoms with E-state index in [1.165, 1.54) is 0 Å². The number of likely N-dealkylation sites (tertiary alicyclic amines) is 2. The van der Waals surface area contributed by atoms with Crippen molar-refractivity contribution >= 4 is 11.8 Å². The van der Waals surface area contributed by atoms with Crippen molar-refractivity contribution in [2.45, 2.75) is 52.5 Å². The maximum Gasteiger partial charge on any atom is 0.222 e. The average molecular weight is 343 g/mol. The van der Waals surface area contributed by atoms with Gasteiger partial charge in [-0.2, -0.15) is 0 Å². The second-order valence-corrected chi connectivity index (χ2v) is 8.12. The topological polar surface area (TPSA) is 53.5 Å². The molecule has 2 fully saturated rings. The number of nitrogens with zero attached hydrogens (tertiary/aromatic N) is 3. The van der Waals surface area contributed by atoms with E-state index >= 15 is 0 Å². The van der Waals surface area contributed by atoms with Crippen LogP contribution in [-0.2, 0) is 16.1 Å². The fourth-order valence-corrected chi connectivity index (χ4v) is 4.19. The van der Waals surface area contributed by atoms with Crippen molar-refractivity contribution in [2.75, 3.05) is 19.6 Å². The van der Waals surface area contributed by atoms with E-state index in [1.54, 1.807) is 12.4 Å². The highest BCUT2D eigenvalue weighted by Gasteiger charge is 2.42. The van der Waals surface area contributed by atoms with E-state index in [9.17, 15) is 9.59 Å². The molecule has 1 atom stereocenters. The monoisotopic (exact) mass is 343 g/mol. The van der Waals surface area contributed by atoms with Gasteiger partial charge in [0.25, 0.3) is 0 Å². The average Bonchev–Trinajstić information content (AvgIpc) is 2.59. The van der Waals surface area contributed by atoms with Crippen molar-refractivity contribution in [3.8, 4) is 0 Å². The molecule has 0 radical (unpaired) electrons. The molecule has 3 rings (SSSR count). The largest absolute Gasteiger partial charge is 0.342 e. The van der Waals surface area contributed by atoms with Crippen LogP contribution in [0.25, 0.3) is 0 Å². The molecule has 136 valence electrons. The number of carbonyl (C=O) groups excluding carboxylic acids is 2. The molecule has 2 aliphatic rings. The van der Waals surface area contributed by atoms with Crippen LogP contribution < -0.4 is 0 Å². The van der Waals surface area contributed by atoms with Crippen LogP contribution in [0.5, 0.6) is 0 Å². The van der Waals surface area contributed by atoms with Gasteiger partial charge in [-0.05, 0) is 42.9 Å². The van der Waals surface area contributed by atoms with Crippen molar-refractivity contribution in [3.05, 3.63) is 30.1 Å². The predicted molar refractivity (Wildman–Crippen MR) is 96.6 cm³/mol. The first-order chi connectivity index (χ1) is 12.0. The normalized spacial score (nSPS) is 24.2.